The summed E-state index contributed by atoms with van der Waals surface area (Å²) in [5.41, 5.74) is 10.3. The molecular weight excluding hydrogens is 420 g/mol. The van der Waals surface area contributed by atoms with Crippen molar-refractivity contribution < 1.29 is 4.79 Å². The maximum absolute atomic E-state index is 12.5. The van der Waals surface area contributed by atoms with Gasteiger partial charge in [-0.1, -0.05) is 60.2 Å². The van der Waals surface area contributed by atoms with Crippen LogP contribution in [0, 0.1) is 6.92 Å². The summed E-state index contributed by atoms with van der Waals surface area (Å²) in [6, 6.07) is 31.0. The third-order valence-electron chi connectivity index (χ3n) is 5.74. The van der Waals surface area contributed by atoms with Gasteiger partial charge in [0.2, 0.25) is 5.91 Å². The lowest BCUT2D eigenvalue weighted by Gasteiger charge is -2.14. The van der Waals surface area contributed by atoms with Gasteiger partial charge in [0.1, 0.15) is 0 Å². The van der Waals surface area contributed by atoms with Crippen LogP contribution in [0.3, 0.4) is 0 Å². The highest BCUT2D eigenvalue weighted by atomic mass is 16.2. The van der Waals surface area contributed by atoms with Crippen LogP contribution in [0.25, 0.3) is 16.9 Å². The van der Waals surface area contributed by atoms with E-state index in [9.17, 15) is 4.79 Å². The molecule has 0 radical (unpaired) electrons. The molecule has 0 saturated carbocycles. The van der Waals surface area contributed by atoms with Gasteiger partial charge in [-0.15, -0.1) is 0 Å². The standard InChI is InChI=1S/C29H30N4O/c1-22-9-13-26(14-10-22)33-27(17-19-28(33)24-7-5-4-6-8-24)18-20-29(34)31-30-21-23-11-15-25(16-12-23)32(2)3/h4-17,19,21H,18,20H2,1-3H3,(H,31,34). The van der Waals surface area contributed by atoms with E-state index in [0.717, 1.165) is 33.9 Å². The fourth-order valence-electron chi connectivity index (χ4n) is 3.84. The molecule has 5 nitrogen and oxygen atoms in total. The van der Waals surface area contributed by atoms with Gasteiger partial charge in [0.25, 0.3) is 0 Å². The molecule has 1 amide bonds. The summed E-state index contributed by atoms with van der Waals surface area (Å²) in [7, 11) is 4.00. The van der Waals surface area contributed by atoms with Crippen molar-refractivity contribution in [1.82, 2.24) is 9.99 Å². The molecule has 172 valence electrons. The van der Waals surface area contributed by atoms with E-state index in [-0.39, 0.29) is 5.91 Å². The van der Waals surface area contributed by atoms with E-state index < -0.39 is 0 Å². The van der Waals surface area contributed by atoms with Gasteiger partial charge in [-0.05, 0) is 60.9 Å². The molecule has 4 aromatic rings. The van der Waals surface area contributed by atoms with Crippen LogP contribution >= 0.6 is 0 Å². The normalized spacial score (nSPS) is 11.0. The predicted octanol–water partition coefficient (Wildman–Crippen LogP) is 5.60. The minimum Gasteiger partial charge on any atom is -0.378 e. The van der Waals surface area contributed by atoms with Crippen molar-refractivity contribution in [2.24, 2.45) is 5.10 Å². The van der Waals surface area contributed by atoms with Crippen LogP contribution in [0.5, 0.6) is 0 Å². The predicted molar refractivity (Wildman–Crippen MR) is 141 cm³/mol. The molecule has 1 N–H and O–H groups in total. The van der Waals surface area contributed by atoms with Crippen molar-refractivity contribution in [2.45, 2.75) is 19.8 Å². The third-order valence-corrected chi connectivity index (χ3v) is 5.74. The molecule has 1 aromatic heterocycles. The molecule has 0 bridgehead atoms. The molecule has 0 aliphatic carbocycles. The number of rotatable bonds is 8. The average molecular weight is 451 g/mol. The summed E-state index contributed by atoms with van der Waals surface area (Å²) in [6.07, 6.45) is 2.63. The molecule has 0 saturated heterocycles. The fourth-order valence-corrected chi connectivity index (χ4v) is 3.84. The zero-order chi connectivity index (χ0) is 23.9. The Labute approximate surface area is 201 Å². The number of nitrogens with one attached hydrogen (secondary N) is 1. The molecule has 3 aromatic carbocycles. The molecule has 0 aliphatic heterocycles. The Kier molecular flexibility index (Phi) is 7.23. The summed E-state index contributed by atoms with van der Waals surface area (Å²) in [4.78, 5) is 14.5. The Morgan fingerprint density at radius 3 is 2.29 bits per heavy atom. The topological polar surface area (TPSA) is 49.6 Å². The lowest BCUT2D eigenvalue weighted by Crippen LogP contribution is -2.18. The van der Waals surface area contributed by atoms with E-state index in [2.05, 4.69) is 70.5 Å². The highest BCUT2D eigenvalue weighted by molar-refractivity contribution is 5.83. The maximum Gasteiger partial charge on any atom is 0.240 e. The Balaban J connectivity index is 1.45. The lowest BCUT2D eigenvalue weighted by molar-refractivity contribution is -0.121. The minimum absolute atomic E-state index is 0.112. The van der Waals surface area contributed by atoms with E-state index >= 15 is 0 Å². The first-order chi connectivity index (χ1) is 16.5. The van der Waals surface area contributed by atoms with Crippen LogP contribution in [0.2, 0.25) is 0 Å². The molecule has 0 fully saturated rings. The van der Waals surface area contributed by atoms with Gasteiger partial charge >= 0.3 is 0 Å². The Hall–Kier alpha value is -4.12. The molecule has 5 heteroatoms. The lowest BCUT2D eigenvalue weighted by atomic mass is 10.1. The van der Waals surface area contributed by atoms with Crippen LogP contribution in [0.15, 0.2) is 96.1 Å². The van der Waals surface area contributed by atoms with Crippen molar-refractivity contribution >= 4 is 17.8 Å². The summed E-state index contributed by atoms with van der Waals surface area (Å²) < 4.78 is 2.23. The summed E-state index contributed by atoms with van der Waals surface area (Å²) in [6.45, 7) is 2.08. The fraction of sp³-hybridized carbons (Fsp3) is 0.172. The molecule has 1 heterocycles. The number of carbonyl (C=O) groups excluding carboxylic acids is 1. The Morgan fingerprint density at radius 2 is 1.62 bits per heavy atom. The summed E-state index contributed by atoms with van der Waals surface area (Å²) in [5.74, 6) is -0.112. The van der Waals surface area contributed by atoms with Crippen LogP contribution in [0.4, 0.5) is 5.69 Å². The number of hydrogen-bond acceptors (Lipinski definition) is 3. The Bertz CT molecular complexity index is 1250. The first kappa shape index (κ1) is 23.1. The monoisotopic (exact) mass is 450 g/mol. The van der Waals surface area contributed by atoms with Gasteiger partial charge in [0.15, 0.2) is 0 Å². The molecule has 0 atom stereocenters. The zero-order valence-electron chi connectivity index (χ0n) is 19.9. The van der Waals surface area contributed by atoms with Crippen molar-refractivity contribution in [1.29, 1.82) is 0 Å². The number of hydrazone groups is 1. The highest BCUT2D eigenvalue weighted by Gasteiger charge is 2.13. The maximum atomic E-state index is 12.5. The van der Waals surface area contributed by atoms with Gasteiger partial charge < -0.3 is 9.47 Å². The van der Waals surface area contributed by atoms with Crippen LogP contribution in [-0.2, 0) is 11.2 Å². The molecule has 0 unspecified atom stereocenters. The van der Waals surface area contributed by atoms with Gasteiger partial charge in [0, 0.05) is 37.6 Å². The first-order valence-corrected chi connectivity index (χ1v) is 11.4. The van der Waals surface area contributed by atoms with Gasteiger partial charge in [-0.2, -0.15) is 5.10 Å². The molecule has 0 aliphatic rings. The quantitative estimate of drug-likeness (QED) is 0.281. The number of hydrogen-bond donors (Lipinski definition) is 1. The van der Waals surface area contributed by atoms with Gasteiger partial charge in [-0.3, -0.25) is 4.79 Å². The smallest absolute Gasteiger partial charge is 0.240 e. The van der Waals surface area contributed by atoms with Crippen LogP contribution < -0.4 is 10.3 Å². The number of nitrogens with zero attached hydrogens (tertiary/aromatic N) is 3. The SMILES string of the molecule is Cc1ccc(-n2c(CCC(=O)NN=Cc3ccc(N(C)C)cc3)ccc2-c2ccccc2)cc1. The largest absolute Gasteiger partial charge is 0.378 e. The average Bonchev–Trinajstić information content (AvgIpc) is 3.28. The van der Waals surface area contributed by atoms with E-state index in [1.54, 1.807) is 6.21 Å². The zero-order valence-corrected chi connectivity index (χ0v) is 19.9. The van der Waals surface area contributed by atoms with E-state index in [4.69, 9.17) is 0 Å². The van der Waals surface area contributed by atoms with E-state index in [1.165, 1.54) is 5.56 Å². The molecular formula is C29H30N4O. The number of aryl methyl sites for hydroxylation is 2. The highest BCUT2D eigenvalue weighted by Crippen LogP contribution is 2.27. The second-order valence-corrected chi connectivity index (χ2v) is 8.53. The minimum atomic E-state index is -0.112. The molecule has 4 rings (SSSR count). The van der Waals surface area contributed by atoms with Crippen LogP contribution in [0.1, 0.15) is 23.2 Å². The van der Waals surface area contributed by atoms with Gasteiger partial charge in [-0.25, -0.2) is 5.43 Å². The number of carbonyl (C=O) groups is 1. The number of anilines is 1. The van der Waals surface area contributed by atoms with Crippen molar-refractivity contribution in [2.75, 3.05) is 19.0 Å². The van der Waals surface area contributed by atoms with E-state index in [1.807, 2.05) is 61.5 Å². The Morgan fingerprint density at radius 1 is 0.912 bits per heavy atom. The third kappa shape index (κ3) is 5.62. The second-order valence-electron chi connectivity index (χ2n) is 8.53. The van der Waals surface area contributed by atoms with Crippen molar-refractivity contribution in [3.8, 4) is 16.9 Å². The molecule has 0 spiro atoms. The second kappa shape index (κ2) is 10.7. The summed E-state index contributed by atoms with van der Waals surface area (Å²) in [5, 5.41) is 4.13. The first-order valence-electron chi connectivity index (χ1n) is 11.4. The van der Waals surface area contributed by atoms with Crippen LogP contribution in [-0.4, -0.2) is 30.8 Å². The molecule has 34 heavy (non-hydrogen) atoms. The number of amides is 1. The number of aromatic nitrogens is 1. The van der Waals surface area contributed by atoms with Gasteiger partial charge in [0.05, 0.1) is 11.9 Å². The summed E-state index contributed by atoms with van der Waals surface area (Å²) >= 11 is 0. The van der Waals surface area contributed by atoms with Crippen molar-refractivity contribution in [3.05, 3.63) is 108 Å². The van der Waals surface area contributed by atoms with E-state index in [0.29, 0.717) is 12.8 Å². The number of benzene rings is 3. The van der Waals surface area contributed by atoms with Crippen molar-refractivity contribution in [3.63, 3.8) is 0 Å².